The van der Waals surface area contributed by atoms with E-state index in [-0.39, 0.29) is 5.91 Å². The number of carbonyl (C=O) groups excluding carboxylic acids is 1. The Labute approximate surface area is 119 Å². The third-order valence-electron chi connectivity index (χ3n) is 3.38. The molecule has 2 aromatic rings. The molecular weight excluding hydrogens is 250 g/mol. The number of amides is 1. The lowest BCUT2D eigenvalue weighted by molar-refractivity contribution is 0.0984. The molecule has 0 spiro atoms. The zero-order chi connectivity index (χ0) is 14.7. The molecule has 0 saturated heterocycles. The second-order valence-electron chi connectivity index (χ2n) is 5.00. The minimum Gasteiger partial charge on any atom is -0.397 e. The van der Waals surface area contributed by atoms with E-state index in [0.29, 0.717) is 11.4 Å². The Morgan fingerprint density at radius 3 is 2.70 bits per heavy atom. The van der Waals surface area contributed by atoms with Gasteiger partial charge in [0.1, 0.15) is 5.69 Å². The number of aryl methyl sites for hydroxylation is 2. The van der Waals surface area contributed by atoms with E-state index in [0.717, 1.165) is 24.2 Å². The molecular formula is C16H21N3O. The van der Waals surface area contributed by atoms with Crippen LogP contribution in [0.5, 0.6) is 0 Å². The second-order valence-corrected chi connectivity index (χ2v) is 5.00. The van der Waals surface area contributed by atoms with Crippen molar-refractivity contribution in [2.75, 3.05) is 17.7 Å². The molecule has 0 bridgehead atoms. The third-order valence-corrected chi connectivity index (χ3v) is 3.38. The molecule has 106 valence electrons. The summed E-state index contributed by atoms with van der Waals surface area (Å²) in [6.45, 7) is 4.87. The highest BCUT2D eigenvalue weighted by molar-refractivity contribution is 6.05. The van der Waals surface area contributed by atoms with Crippen LogP contribution in [0.25, 0.3) is 0 Å². The molecule has 4 nitrogen and oxygen atoms in total. The molecule has 1 aromatic carbocycles. The van der Waals surface area contributed by atoms with Gasteiger partial charge in [0.15, 0.2) is 0 Å². The molecule has 0 radical (unpaired) electrons. The summed E-state index contributed by atoms with van der Waals surface area (Å²) in [6, 6.07) is 9.59. The van der Waals surface area contributed by atoms with Crippen molar-refractivity contribution in [3.05, 3.63) is 47.8 Å². The maximum Gasteiger partial charge on any atom is 0.274 e. The molecule has 0 aliphatic carbocycles. The smallest absolute Gasteiger partial charge is 0.274 e. The zero-order valence-electron chi connectivity index (χ0n) is 12.3. The summed E-state index contributed by atoms with van der Waals surface area (Å²) in [7, 11) is 1.80. The number of nitrogens with two attached hydrogens (primary N) is 1. The van der Waals surface area contributed by atoms with Crippen LogP contribution >= 0.6 is 0 Å². The molecule has 1 amide bonds. The first-order valence-electron chi connectivity index (χ1n) is 6.84. The predicted molar refractivity (Wildman–Crippen MR) is 83.0 cm³/mol. The van der Waals surface area contributed by atoms with Crippen molar-refractivity contribution in [3.63, 3.8) is 0 Å². The van der Waals surface area contributed by atoms with E-state index < -0.39 is 0 Å². The van der Waals surface area contributed by atoms with Crippen LogP contribution in [0.1, 0.15) is 29.4 Å². The normalized spacial score (nSPS) is 10.6. The SMILES string of the molecule is CCCn1cc(N)cc1C(=O)N(C)c1ccccc1C. The fourth-order valence-electron chi connectivity index (χ4n) is 2.36. The summed E-state index contributed by atoms with van der Waals surface area (Å²) in [5.74, 6) is -0.0375. The number of anilines is 2. The van der Waals surface area contributed by atoms with Crippen LogP contribution in [0, 0.1) is 6.92 Å². The number of nitrogen functional groups attached to an aromatic ring is 1. The predicted octanol–water partition coefficient (Wildman–Crippen LogP) is 3.07. The Hall–Kier alpha value is -2.23. The molecule has 4 heteroatoms. The van der Waals surface area contributed by atoms with E-state index >= 15 is 0 Å². The zero-order valence-corrected chi connectivity index (χ0v) is 12.3. The van der Waals surface area contributed by atoms with E-state index in [2.05, 4.69) is 6.92 Å². The highest BCUT2D eigenvalue weighted by Crippen LogP contribution is 2.21. The van der Waals surface area contributed by atoms with Crippen molar-refractivity contribution in [2.24, 2.45) is 0 Å². The third kappa shape index (κ3) is 2.69. The van der Waals surface area contributed by atoms with Crippen LogP contribution in [-0.2, 0) is 6.54 Å². The van der Waals surface area contributed by atoms with Crippen molar-refractivity contribution >= 4 is 17.3 Å². The highest BCUT2D eigenvalue weighted by atomic mass is 16.2. The molecule has 20 heavy (non-hydrogen) atoms. The minimum atomic E-state index is -0.0375. The first-order valence-corrected chi connectivity index (χ1v) is 6.84. The van der Waals surface area contributed by atoms with Crippen LogP contribution in [-0.4, -0.2) is 17.5 Å². The number of benzene rings is 1. The minimum absolute atomic E-state index is 0.0375. The molecule has 0 atom stereocenters. The maximum absolute atomic E-state index is 12.7. The molecule has 0 fully saturated rings. The van der Waals surface area contributed by atoms with Gasteiger partial charge in [-0.2, -0.15) is 0 Å². The first-order chi connectivity index (χ1) is 9.54. The van der Waals surface area contributed by atoms with Gasteiger partial charge >= 0.3 is 0 Å². The largest absolute Gasteiger partial charge is 0.397 e. The lowest BCUT2D eigenvalue weighted by Crippen LogP contribution is -2.29. The lowest BCUT2D eigenvalue weighted by atomic mass is 10.2. The molecule has 0 saturated carbocycles. The fraction of sp³-hybridized carbons (Fsp3) is 0.312. The standard InChI is InChI=1S/C16H21N3O/c1-4-9-19-11-13(17)10-15(19)16(20)18(3)14-8-6-5-7-12(14)2/h5-8,10-11H,4,9,17H2,1-3H3. The summed E-state index contributed by atoms with van der Waals surface area (Å²) in [5, 5.41) is 0. The van der Waals surface area contributed by atoms with Crippen LogP contribution < -0.4 is 10.6 Å². The Bertz CT molecular complexity index is 616. The van der Waals surface area contributed by atoms with E-state index in [9.17, 15) is 4.79 Å². The van der Waals surface area contributed by atoms with Crippen molar-refractivity contribution in [1.82, 2.24) is 4.57 Å². The van der Waals surface area contributed by atoms with E-state index in [1.54, 1.807) is 18.0 Å². The summed E-state index contributed by atoms with van der Waals surface area (Å²) in [6.07, 6.45) is 2.78. The molecule has 1 aromatic heterocycles. The summed E-state index contributed by atoms with van der Waals surface area (Å²) >= 11 is 0. The van der Waals surface area contributed by atoms with E-state index in [1.165, 1.54) is 0 Å². The molecule has 2 rings (SSSR count). The average molecular weight is 271 g/mol. The summed E-state index contributed by atoms with van der Waals surface area (Å²) in [5.41, 5.74) is 9.07. The topological polar surface area (TPSA) is 51.3 Å². The van der Waals surface area contributed by atoms with Gasteiger partial charge < -0.3 is 15.2 Å². The Morgan fingerprint density at radius 2 is 2.05 bits per heavy atom. The van der Waals surface area contributed by atoms with Gasteiger partial charge in [-0.05, 0) is 31.0 Å². The van der Waals surface area contributed by atoms with Crippen LogP contribution in [0.2, 0.25) is 0 Å². The Kier molecular flexibility index (Phi) is 4.13. The highest BCUT2D eigenvalue weighted by Gasteiger charge is 2.19. The van der Waals surface area contributed by atoms with Gasteiger partial charge in [0.25, 0.3) is 5.91 Å². The lowest BCUT2D eigenvalue weighted by Gasteiger charge is -2.20. The fourth-order valence-corrected chi connectivity index (χ4v) is 2.36. The van der Waals surface area contributed by atoms with Crippen LogP contribution in [0.3, 0.4) is 0 Å². The van der Waals surface area contributed by atoms with Crippen molar-refractivity contribution in [3.8, 4) is 0 Å². The Morgan fingerprint density at radius 1 is 1.35 bits per heavy atom. The van der Waals surface area contributed by atoms with Gasteiger partial charge in [0.2, 0.25) is 0 Å². The summed E-state index contributed by atoms with van der Waals surface area (Å²) in [4.78, 5) is 14.3. The summed E-state index contributed by atoms with van der Waals surface area (Å²) < 4.78 is 1.92. The maximum atomic E-state index is 12.7. The van der Waals surface area contributed by atoms with Gasteiger partial charge in [-0.25, -0.2) is 0 Å². The molecule has 0 aliphatic rings. The number of aromatic nitrogens is 1. The van der Waals surface area contributed by atoms with Crippen LogP contribution in [0.4, 0.5) is 11.4 Å². The second kappa shape index (κ2) is 5.82. The molecule has 0 unspecified atom stereocenters. The Balaban J connectivity index is 2.34. The van der Waals surface area contributed by atoms with Crippen molar-refractivity contribution in [2.45, 2.75) is 26.8 Å². The van der Waals surface area contributed by atoms with Gasteiger partial charge in [-0.3, -0.25) is 4.79 Å². The van der Waals surface area contributed by atoms with Gasteiger partial charge in [0.05, 0.1) is 5.69 Å². The quantitative estimate of drug-likeness (QED) is 0.929. The van der Waals surface area contributed by atoms with E-state index in [1.807, 2.05) is 42.0 Å². The number of hydrogen-bond donors (Lipinski definition) is 1. The van der Waals surface area contributed by atoms with E-state index in [4.69, 9.17) is 5.73 Å². The average Bonchev–Trinajstić information content (AvgIpc) is 2.79. The van der Waals surface area contributed by atoms with Crippen molar-refractivity contribution in [1.29, 1.82) is 0 Å². The molecule has 1 heterocycles. The number of rotatable bonds is 4. The number of nitrogens with zero attached hydrogens (tertiary/aromatic N) is 2. The number of hydrogen-bond acceptors (Lipinski definition) is 2. The number of carbonyl (C=O) groups is 1. The molecule has 2 N–H and O–H groups in total. The van der Waals surface area contributed by atoms with Gasteiger partial charge in [-0.1, -0.05) is 25.1 Å². The van der Waals surface area contributed by atoms with Crippen molar-refractivity contribution < 1.29 is 4.79 Å². The van der Waals surface area contributed by atoms with Gasteiger partial charge in [0, 0.05) is 25.5 Å². The van der Waals surface area contributed by atoms with Crippen LogP contribution in [0.15, 0.2) is 36.5 Å². The first kappa shape index (κ1) is 14.2. The monoisotopic (exact) mass is 271 g/mol. The molecule has 0 aliphatic heterocycles. The number of para-hydroxylation sites is 1. The van der Waals surface area contributed by atoms with Gasteiger partial charge in [-0.15, -0.1) is 0 Å².